The van der Waals surface area contributed by atoms with Crippen molar-refractivity contribution < 1.29 is 9.47 Å². The maximum atomic E-state index is 6.19. The summed E-state index contributed by atoms with van der Waals surface area (Å²) in [6.07, 6.45) is 3.23. The molecular formula is C18H21NO2. The summed E-state index contributed by atoms with van der Waals surface area (Å²) in [4.78, 5) is 0. The quantitative estimate of drug-likeness (QED) is 0.932. The molecule has 2 N–H and O–H groups in total. The van der Waals surface area contributed by atoms with Crippen molar-refractivity contribution in [2.75, 3.05) is 7.11 Å². The Kier molecular flexibility index (Phi) is 4.11. The van der Waals surface area contributed by atoms with Crippen LogP contribution in [0.3, 0.4) is 0 Å². The molecule has 0 aliphatic heterocycles. The van der Waals surface area contributed by atoms with E-state index >= 15 is 0 Å². The first-order chi connectivity index (χ1) is 10.3. The molecule has 2 aromatic carbocycles. The van der Waals surface area contributed by atoms with Gasteiger partial charge < -0.3 is 15.2 Å². The second-order valence-corrected chi connectivity index (χ2v) is 5.42. The Balaban J connectivity index is 1.81. The van der Waals surface area contributed by atoms with Gasteiger partial charge in [0.1, 0.15) is 18.1 Å². The first kappa shape index (κ1) is 14.0. The zero-order valence-electron chi connectivity index (χ0n) is 12.3. The molecule has 0 spiro atoms. The van der Waals surface area contributed by atoms with E-state index in [0.717, 1.165) is 36.3 Å². The van der Waals surface area contributed by atoms with Crippen LogP contribution in [0.25, 0.3) is 0 Å². The number of hydrogen-bond donors (Lipinski definition) is 1. The Morgan fingerprint density at radius 3 is 2.76 bits per heavy atom. The molecule has 0 saturated carbocycles. The van der Waals surface area contributed by atoms with Crippen LogP contribution in [0.4, 0.5) is 0 Å². The molecular weight excluding hydrogens is 262 g/mol. The van der Waals surface area contributed by atoms with Crippen LogP contribution < -0.4 is 15.2 Å². The molecule has 1 unspecified atom stereocenters. The first-order valence-corrected chi connectivity index (χ1v) is 7.41. The lowest BCUT2D eigenvalue weighted by molar-refractivity contribution is 0.291. The third-order valence-corrected chi connectivity index (χ3v) is 4.09. The maximum Gasteiger partial charge on any atom is 0.125 e. The van der Waals surface area contributed by atoms with Crippen molar-refractivity contribution in [2.24, 2.45) is 5.73 Å². The molecule has 1 aliphatic carbocycles. The molecule has 0 fully saturated rings. The van der Waals surface area contributed by atoms with Crippen molar-refractivity contribution in [1.29, 1.82) is 0 Å². The van der Waals surface area contributed by atoms with Gasteiger partial charge in [-0.1, -0.05) is 30.3 Å². The van der Waals surface area contributed by atoms with Gasteiger partial charge in [-0.3, -0.25) is 0 Å². The van der Waals surface area contributed by atoms with Crippen LogP contribution in [0, 0.1) is 0 Å². The van der Waals surface area contributed by atoms with E-state index in [-0.39, 0.29) is 6.04 Å². The highest BCUT2D eigenvalue weighted by atomic mass is 16.5. The van der Waals surface area contributed by atoms with Gasteiger partial charge in [0.05, 0.1) is 7.11 Å². The maximum absolute atomic E-state index is 6.19. The highest BCUT2D eigenvalue weighted by Gasteiger charge is 2.19. The van der Waals surface area contributed by atoms with Crippen LogP contribution in [0.2, 0.25) is 0 Å². The lowest BCUT2D eigenvalue weighted by Gasteiger charge is -2.24. The molecule has 110 valence electrons. The van der Waals surface area contributed by atoms with E-state index in [4.69, 9.17) is 15.2 Å². The van der Waals surface area contributed by atoms with Crippen molar-refractivity contribution in [2.45, 2.75) is 31.9 Å². The van der Waals surface area contributed by atoms with Gasteiger partial charge in [-0.25, -0.2) is 0 Å². The summed E-state index contributed by atoms with van der Waals surface area (Å²) in [7, 11) is 1.68. The average molecular weight is 283 g/mol. The lowest BCUT2D eigenvalue weighted by Crippen LogP contribution is -2.18. The molecule has 3 rings (SSSR count). The average Bonchev–Trinajstić information content (AvgIpc) is 2.53. The number of para-hydroxylation sites is 1. The molecule has 0 aromatic heterocycles. The van der Waals surface area contributed by atoms with Crippen molar-refractivity contribution in [3.8, 4) is 11.5 Å². The predicted octanol–water partition coefficient (Wildman–Crippen LogP) is 3.61. The molecule has 3 nitrogen and oxygen atoms in total. The number of methoxy groups -OCH3 is 1. The van der Waals surface area contributed by atoms with E-state index in [0.29, 0.717) is 6.61 Å². The number of fused-ring (bicyclic) bond motifs is 1. The van der Waals surface area contributed by atoms with Gasteiger partial charge in [0.15, 0.2) is 0 Å². The molecule has 0 radical (unpaired) electrons. The van der Waals surface area contributed by atoms with Crippen molar-refractivity contribution in [3.05, 3.63) is 59.2 Å². The standard InChI is InChI=1S/C18H21NO2/c1-20-17-10-3-2-6-13(17)12-21-18-11-5-7-14-15(18)8-4-9-16(14)19/h2-3,5-7,10-11,16H,4,8-9,12,19H2,1H3. The molecule has 3 heteroatoms. The third kappa shape index (κ3) is 2.88. The summed E-state index contributed by atoms with van der Waals surface area (Å²) in [6.45, 7) is 0.510. The van der Waals surface area contributed by atoms with Crippen molar-refractivity contribution >= 4 is 0 Å². The summed E-state index contributed by atoms with van der Waals surface area (Å²) >= 11 is 0. The normalized spacial score (nSPS) is 17.1. The van der Waals surface area contributed by atoms with Crippen LogP contribution in [0.5, 0.6) is 11.5 Å². The van der Waals surface area contributed by atoms with Crippen LogP contribution in [-0.4, -0.2) is 7.11 Å². The molecule has 0 heterocycles. The van der Waals surface area contributed by atoms with Crippen molar-refractivity contribution in [3.63, 3.8) is 0 Å². The minimum Gasteiger partial charge on any atom is -0.496 e. The Morgan fingerprint density at radius 2 is 1.90 bits per heavy atom. The minimum absolute atomic E-state index is 0.142. The molecule has 2 aromatic rings. The fourth-order valence-electron chi connectivity index (χ4n) is 2.96. The van der Waals surface area contributed by atoms with Crippen LogP contribution >= 0.6 is 0 Å². The van der Waals surface area contributed by atoms with Crippen molar-refractivity contribution in [1.82, 2.24) is 0 Å². The summed E-state index contributed by atoms with van der Waals surface area (Å²) < 4.78 is 11.4. The van der Waals surface area contributed by atoms with Gasteiger partial charge in [0.25, 0.3) is 0 Å². The van der Waals surface area contributed by atoms with E-state index < -0.39 is 0 Å². The first-order valence-electron chi connectivity index (χ1n) is 7.41. The number of ether oxygens (including phenoxy) is 2. The van der Waals surface area contributed by atoms with Crippen LogP contribution in [0.1, 0.15) is 35.6 Å². The summed E-state index contributed by atoms with van der Waals surface area (Å²) in [5.41, 5.74) is 9.75. The SMILES string of the molecule is COc1ccccc1COc1cccc2c1CCCC2N. The number of benzene rings is 2. The smallest absolute Gasteiger partial charge is 0.125 e. The van der Waals surface area contributed by atoms with Gasteiger partial charge in [0, 0.05) is 11.6 Å². The van der Waals surface area contributed by atoms with E-state index in [1.54, 1.807) is 7.11 Å². The van der Waals surface area contributed by atoms with E-state index in [2.05, 4.69) is 6.07 Å². The number of hydrogen-bond acceptors (Lipinski definition) is 3. The number of nitrogens with two attached hydrogens (primary N) is 1. The van der Waals surface area contributed by atoms with Crippen LogP contribution in [-0.2, 0) is 13.0 Å². The molecule has 21 heavy (non-hydrogen) atoms. The minimum atomic E-state index is 0.142. The molecule has 1 atom stereocenters. The fourth-order valence-corrected chi connectivity index (χ4v) is 2.96. The van der Waals surface area contributed by atoms with E-state index in [1.807, 2.05) is 36.4 Å². The zero-order chi connectivity index (χ0) is 14.7. The van der Waals surface area contributed by atoms with E-state index in [9.17, 15) is 0 Å². The van der Waals surface area contributed by atoms with Gasteiger partial charge in [0.2, 0.25) is 0 Å². The van der Waals surface area contributed by atoms with E-state index in [1.165, 1.54) is 11.1 Å². The Labute approximate surface area is 125 Å². The topological polar surface area (TPSA) is 44.5 Å². The summed E-state index contributed by atoms with van der Waals surface area (Å²) in [5, 5.41) is 0. The second kappa shape index (κ2) is 6.19. The largest absolute Gasteiger partial charge is 0.496 e. The summed E-state index contributed by atoms with van der Waals surface area (Å²) in [5.74, 6) is 1.81. The Hall–Kier alpha value is -2.00. The molecule has 1 aliphatic rings. The Bertz CT molecular complexity index is 624. The fraction of sp³-hybridized carbons (Fsp3) is 0.333. The zero-order valence-corrected chi connectivity index (χ0v) is 12.3. The van der Waals surface area contributed by atoms with Gasteiger partial charge in [-0.2, -0.15) is 0 Å². The molecule has 0 bridgehead atoms. The molecule has 0 amide bonds. The molecule has 0 saturated heterocycles. The van der Waals surface area contributed by atoms with Gasteiger partial charge >= 0.3 is 0 Å². The van der Waals surface area contributed by atoms with Gasteiger partial charge in [-0.05, 0) is 42.5 Å². The second-order valence-electron chi connectivity index (χ2n) is 5.42. The predicted molar refractivity (Wildman–Crippen MR) is 83.6 cm³/mol. The number of rotatable bonds is 4. The monoisotopic (exact) mass is 283 g/mol. The highest BCUT2D eigenvalue weighted by molar-refractivity contribution is 5.43. The van der Waals surface area contributed by atoms with Gasteiger partial charge in [-0.15, -0.1) is 0 Å². The Morgan fingerprint density at radius 1 is 1.10 bits per heavy atom. The highest BCUT2D eigenvalue weighted by Crippen LogP contribution is 2.34. The summed E-state index contributed by atoms with van der Waals surface area (Å²) in [6, 6.07) is 14.3. The lowest BCUT2D eigenvalue weighted by atomic mass is 9.87. The van der Waals surface area contributed by atoms with Crippen LogP contribution in [0.15, 0.2) is 42.5 Å². The third-order valence-electron chi connectivity index (χ3n) is 4.09.